The summed E-state index contributed by atoms with van der Waals surface area (Å²) in [6.45, 7) is 11.6. The van der Waals surface area contributed by atoms with Crippen molar-refractivity contribution in [2.45, 2.75) is 44.7 Å². The fraction of sp³-hybridized carbons (Fsp3) is 0.500. The van der Waals surface area contributed by atoms with E-state index in [1.54, 1.807) is 18.2 Å². The molecule has 1 aromatic rings. The molecule has 0 fully saturated rings. The van der Waals surface area contributed by atoms with Crippen LogP contribution >= 0.6 is 0 Å². The maximum Gasteiger partial charge on any atom is 0.323 e. The van der Waals surface area contributed by atoms with Gasteiger partial charge in [0, 0.05) is 11.5 Å². The highest BCUT2D eigenvalue weighted by molar-refractivity contribution is 7.85. The smallest absolute Gasteiger partial charge is 0.323 e. The van der Waals surface area contributed by atoms with Crippen LogP contribution in [0.3, 0.4) is 0 Å². The lowest BCUT2D eigenvalue weighted by molar-refractivity contribution is -0.144. The zero-order chi connectivity index (χ0) is 19.4. The number of carbonyl (C=O) groups excluding carboxylic acids is 1. The number of rotatable bonds is 8. The van der Waals surface area contributed by atoms with Crippen molar-refractivity contribution in [3.8, 4) is 0 Å². The van der Waals surface area contributed by atoms with E-state index in [2.05, 4.69) is 11.9 Å². The minimum absolute atomic E-state index is 0.00680. The van der Waals surface area contributed by atoms with Crippen molar-refractivity contribution in [3.63, 3.8) is 0 Å². The van der Waals surface area contributed by atoms with E-state index in [1.165, 1.54) is 19.2 Å². The molecule has 7 heteroatoms. The Morgan fingerprint density at radius 3 is 2.16 bits per heavy atom. The number of hydrogen-bond acceptors (Lipinski definition) is 5. The lowest BCUT2D eigenvalue weighted by atomic mass is 9.79. The van der Waals surface area contributed by atoms with E-state index < -0.39 is 21.6 Å². The molecule has 0 saturated heterocycles. The van der Waals surface area contributed by atoms with Gasteiger partial charge in [0.2, 0.25) is 0 Å². The van der Waals surface area contributed by atoms with E-state index in [4.69, 9.17) is 9.29 Å². The van der Waals surface area contributed by atoms with Gasteiger partial charge in [0.05, 0.1) is 12.0 Å². The van der Waals surface area contributed by atoms with Gasteiger partial charge in [-0.1, -0.05) is 45.9 Å². The Bertz CT molecular complexity index is 707. The molecule has 1 aromatic carbocycles. The van der Waals surface area contributed by atoms with Gasteiger partial charge in [-0.2, -0.15) is 8.42 Å². The highest BCUT2D eigenvalue weighted by Crippen LogP contribution is 2.35. The molecule has 0 aromatic heterocycles. The second kappa shape index (κ2) is 8.12. The van der Waals surface area contributed by atoms with E-state index in [0.717, 1.165) is 5.56 Å². The molecule has 0 aliphatic carbocycles. The van der Waals surface area contributed by atoms with E-state index in [-0.39, 0.29) is 22.8 Å². The average molecular weight is 369 g/mol. The Morgan fingerprint density at radius 1 is 1.28 bits per heavy atom. The van der Waals surface area contributed by atoms with E-state index in [9.17, 15) is 13.2 Å². The van der Waals surface area contributed by atoms with Crippen molar-refractivity contribution in [2.24, 2.45) is 11.3 Å². The molecule has 2 N–H and O–H groups in total. The fourth-order valence-corrected chi connectivity index (χ4v) is 3.01. The van der Waals surface area contributed by atoms with Crippen molar-refractivity contribution in [1.82, 2.24) is 5.32 Å². The lowest BCUT2D eigenvalue weighted by Crippen LogP contribution is -2.47. The maximum absolute atomic E-state index is 12.1. The Balaban J connectivity index is 3.30. The van der Waals surface area contributed by atoms with Crippen LogP contribution in [0, 0.1) is 11.3 Å². The summed E-state index contributed by atoms with van der Waals surface area (Å²) < 4.78 is 36.5. The number of hydrogen-bond donors (Lipinski definition) is 2. The van der Waals surface area contributed by atoms with Crippen LogP contribution in [-0.4, -0.2) is 32.1 Å². The van der Waals surface area contributed by atoms with Gasteiger partial charge in [0.15, 0.2) is 0 Å². The van der Waals surface area contributed by atoms with Crippen LogP contribution in [0.5, 0.6) is 0 Å². The number of esters is 1. The predicted octanol–water partition coefficient (Wildman–Crippen LogP) is 2.97. The molecule has 0 spiro atoms. The summed E-state index contributed by atoms with van der Waals surface area (Å²) in [5.41, 5.74) is 0.340. The first-order valence-electron chi connectivity index (χ1n) is 7.99. The summed E-state index contributed by atoms with van der Waals surface area (Å²) in [6.07, 6.45) is 1.77. The first-order chi connectivity index (χ1) is 11.4. The van der Waals surface area contributed by atoms with Crippen LogP contribution < -0.4 is 5.32 Å². The first kappa shape index (κ1) is 21.3. The molecular weight excluding hydrogens is 342 g/mol. The molecule has 6 nitrogen and oxygen atoms in total. The van der Waals surface area contributed by atoms with Crippen molar-refractivity contribution >= 4 is 16.1 Å². The SMILES string of the molecule is C=CC(C)(C)[C@H](N[C@H](C(=O)OC)C(C)C)c1ccc(S(=O)(=O)O)cc1. The van der Waals surface area contributed by atoms with Gasteiger partial charge < -0.3 is 4.74 Å². The molecule has 0 unspecified atom stereocenters. The maximum atomic E-state index is 12.1. The number of ether oxygens (including phenoxy) is 1. The Kier molecular flexibility index (Phi) is 6.93. The van der Waals surface area contributed by atoms with Crippen LogP contribution in [-0.2, 0) is 19.6 Å². The van der Waals surface area contributed by atoms with Gasteiger partial charge >= 0.3 is 5.97 Å². The second-order valence-electron chi connectivity index (χ2n) is 6.91. The van der Waals surface area contributed by atoms with E-state index in [1.807, 2.05) is 27.7 Å². The summed E-state index contributed by atoms with van der Waals surface area (Å²) >= 11 is 0. The topological polar surface area (TPSA) is 92.7 Å². The highest BCUT2D eigenvalue weighted by Gasteiger charge is 2.34. The molecule has 0 heterocycles. The zero-order valence-electron chi connectivity index (χ0n) is 15.3. The van der Waals surface area contributed by atoms with Crippen LogP contribution in [0.25, 0.3) is 0 Å². The molecule has 0 amide bonds. The van der Waals surface area contributed by atoms with Crippen molar-refractivity contribution < 1.29 is 22.5 Å². The number of carbonyl (C=O) groups is 1. The predicted molar refractivity (Wildman–Crippen MR) is 96.8 cm³/mol. The standard InChI is InChI=1S/C18H27NO5S/c1-7-18(4,5)16(19-15(12(2)3)17(20)24-6)13-8-10-14(11-9-13)25(21,22)23/h7-12,15-16,19H,1H2,2-6H3,(H,21,22,23)/t15-,16+/m0/s1. The van der Waals surface area contributed by atoms with Crippen LogP contribution in [0.2, 0.25) is 0 Å². The van der Waals surface area contributed by atoms with Crippen molar-refractivity contribution in [2.75, 3.05) is 7.11 Å². The van der Waals surface area contributed by atoms with Crippen LogP contribution in [0.1, 0.15) is 39.3 Å². The van der Waals surface area contributed by atoms with Gasteiger partial charge in [-0.15, -0.1) is 6.58 Å². The van der Waals surface area contributed by atoms with Gasteiger partial charge in [-0.25, -0.2) is 0 Å². The molecule has 0 radical (unpaired) electrons. The molecule has 0 saturated carbocycles. The third-order valence-corrected chi connectivity index (χ3v) is 5.12. The van der Waals surface area contributed by atoms with Crippen LogP contribution in [0.15, 0.2) is 41.8 Å². The number of benzene rings is 1. The highest BCUT2D eigenvalue weighted by atomic mass is 32.2. The molecular formula is C18H27NO5S. The Morgan fingerprint density at radius 2 is 1.80 bits per heavy atom. The summed E-state index contributed by atoms with van der Waals surface area (Å²) in [5, 5.41) is 3.31. The second-order valence-corrected chi connectivity index (χ2v) is 8.34. The number of nitrogens with one attached hydrogen (secondary N) is 1. The monoisotopic (exact) mass is 369 g/mol. The van der Waals surface area contributed by atoms with Crippen LogP contribution in [0.4, 0.5) is 0 Å². The van der Waals surface area contributed by atoms with Crippen molar-refractivity contribution in [3.05, 3.63) is 42.5 Å². The van der Waals surface area contributed by atoms with Gasteiger partial charge in [0.25, 0.3) is 10.1 Å². The molecule has 0 aliphatic heterocycles. The summed E-state index contributed by atoms with van der Waals surface area (Å²) in [4.78, 5) is 11.9. The third-order valence-electron chi connectivity index (χ3n) is 4.25. The third kappa shape index (κ3) is 5.39. The molecule has 0 aliphatic rings. The summed E-state index contributed by atoms with van der Waals surface area (Å²) in [7, 11) is -2.91. The Labute approximate surface area is 150 Å². The normalized spacial score (nSPS) is 14.8. The quantitative estimate of drug-likeness (QED) is 0.416. The lowest BCUT2D eigenvalue weighted by Gasteiger charge is -2.36. The number of methoxy groups -OCH3 is 1. The minimum Gasteiger partial charge on any atom is -0.468 e. The van der Waals surface area contributed by atoms with Gasteiger partial charge in [0.1, 0.15) is 6.04 Å². The molecule has 1 rings (SSSR count). The minimum atomic E-state index is -4.25. The van der Waals surface area contributed by atoms with Crippen molar-refractivity contribution in [1.29, 1.82) is 0 Å². The largest absolute Gasteiger partial charge is 0.468 e. The van der Waals surface area contributed by atoms with Gasteiger partial charge in [-0.05, 0) is 23.6 Å². The fourth-order valence-electron chi connectivity index (χ4n) is 2.53. The summed E-state index contributed by atoms with van der Waals surface area (Å²) in [5.74, 6) is -0.373. The molecule has 0 bridgehead atoms. The Hall–Kier alpha value is -1.70. The zero-order valence-corrected chi connectivity index (χ0v) is 16.1. The van der Waals surface area contributed by atoms with E-state index in [0.29, 0.717) is 0 Å². The van der Waals surface area contributed by atoms with E-state index >= 15 is 0 Å². The first-order valence-corrected chi connectivity index (χ1v) is 9.43. The molecule has 140 valence electrons. The van der Waals surface area contributed by atoms with Gasteiger partial charge in [-0.3, -0.25) is 14.7 Å². The average Bonchev–Trinajstić information content (AvgIpc) is 2.53. The molecule has 25 heavy (non-hydrogen) atoms. The summed E-state index contributed by atoms with van der Waals surface area (Å²) in [6, 6.07) is 5.05. The molecule has 2 atom stereocenters.